The molecule has 2 rings (SSSR count). The molecule has 0 heterocycles. The Kier molecular flexibility index (Phi) is 7.36. The van der Waals surface area contributed by atoms with Crippen molar-refractivity contribution in [2.24, 2.45) is 5.41 Å². The molecule has 1 N–H and O–H groups in total. The summed E-state index contributed by atoms with van der Waals surface area (Å²) in [5, 5.41) is 2.71. The van der Waals surface area contributed by atoms with Crippen molar-refractivity contribution in [1.82, 2.24) is 0 Å². The predicted octanol–water partition coefficient (Wildman–Crippen LogP) is 3.29. The first-order valence-electron chi connectivity index (χ1n) is 7.92. The normalized spacial score (nSPS) is 15.7. The molecule has 1 amide bonds. The number of benzene rings is 1. The molecule has 5 heteroatoms. The van der Waals surface area contributed by atoms with Gasteiger partial charge in [0.05, 0.1) is 12.5 Å². The molecule has 0 unspecified atom stereocenters. The van der Waals surface area contributed by atoms with Crippen molar-refractivity contribution in [3.05, 3.63) is 43.0 Å². The molecule has 0 spiro atoms. The summed E-state index contributed by atoms with van der Waals surface area (Å²) in [4.78, 5) is 34.7. The van der Waals surface area contributed by atoms with Crippen LogP contribution in [0.25, 0.3) is 0 Å². The zero-order valence-corrected chi connectivity index (χ0v) is 14.4. The number of hydrogen-bond acceptors (Lipinski definition) is 4. The van der Waals surface area contributed by atoms with E-state index in [1.54, 1.807) is 0 Å². The lowest BCUT2D eigenvalue weighted by Crippen LogP contribution is -2.38. The first kappa shape index (κ1) is 19.6. The summed E-state index contributed by atoms with van der Waals surface area (Å²) in [6.45, 7) is 7.46. The van der Waals surface area contributed by atoms with Crippen molar-refractivity contribution in [1.29, 1.82) is 0 Å². The molecule has 1 saturated carbocycles. The van der Waals surface area contributed by atoms with E-state index in [0.717, 1.165) is 11.3 Å². The van der Waals surface area contributed by atoms with Gasteiger partial charge in [0.25, 0.3) is 0 Å². The van der Waals surface area contributed by atoms with Crippen molar-refractivity contribution in [2.75, 3.05) is 12.4 Å². The summed E-state index contributed by atoms with van der Waals surface area (Å²) in [6, 6.07) is 7.42. The van der Waals surface area contributed by atoms with Crippen LogP contribution in [0.2, 0.25) is 0 Å². The highest BCUT2D eigenvalue weighted by Crippen LogP contribution is 2.39. The van der Waals surface area contributed by atoms with E-state index in [2.05, 4.69) is 18.5 Å². The van der Waals surface area contributed by atoms with E-state index < -0.39 is 5.41 Å². The molecule has 130 valence electrons. The van der Waals surface area contributed by atoms with Crippen molar-refractivity contribution in [2.45, 2.75) is 39.0 Å². The number of ether oxygens (including phenoxy) is 1. The number of methoxy groups -OCH3 is 1. The van der Waals surface area contributed by atoms with E-state index >= 15 is 0 Å². The molecule has 0 aliphatic heterocycles. The van der Waals surface area contributed by atoms with Crippen LogP contribution in [0.1, 0.15) is 38.2 Å². The van der Waals surface area contributed by atoms with E-state index in [4.69, 9.17) is 4.74 Å². The average molecular weight is 331 g/mol. The number of hydrogen-bond donors (Lipinski definition) is 1. The van der Waals surface area contributed by atoms with Crippen LogP contribution < -0.4 is 5.32 Å². The molecule has 0 bridgehead atoms. The third-order valence-corrected chi connectivity index (χ3v) is 4.20. The lowest BCUT2D eigenvalue weighted by molar-refractivity contribution is -0.155. The molecule has 1 aromatic carbocycles. The number of Topliss-reactive ketones (excluding diaryl/α,β-unsaturated/α-hetero) is 1. The number of carbonyl (C=O) groups is 3. The molecule has 0 saturated heterocycles. The minimum Gasteiger partial charge on any atom is -0.469 e. The fourth-order valence-electron chi connectivity index (χ4n) is 2.98. The second kappa shape index (κ2) is 9.01. The van der Waals surface area contributed by atoms with Crippen molar-refractivity contribution >= 4 is 23.3 Å². The summed E-state index contributed by atoms with van der Waals surface area (Å²) < 4.78 is 4.97. The molecule has 1 aliphatic rings. The topological polar surface area (TPSA) is 72.5 Å². The highest BCUT2D eigenvalue weighted by atomic mass is 16.5. The maximum Gasteiger partial charge on any atom is 0.312 e. The Hall–Kier alpha value is -2.43. The molecule has 0 atom stereocenters. The zero-order chi connectivity index (χ0) is 18.2. The molecular formula is C19H25NO4. The van der Waals surface area contributed by atoms with Gasteiger partial charge >= 0.3 is 5.97 Å². The summed E-state index contributed by atoms with van der Waals surface area (Å²) >= 11 is 0. The molecule has 1 aromatic rings. The van der Waals surface area contributed by atoms with Crippen molar-refractivity contribution in [3.8, 4) is 0 Å². The van der Waals surface area contributed by atoms with Crippen LogP contribution in [0.4, 0.5) is 5.69 Å². The van der Waals surface area contributed by atoms with Gasteiger partial charge in [-0.2, -0.15) is 0 Å². The Morgan fingerprint density at radius 2 is 1.71 bits per heavy atom. The van der Waals surface area contributed by atoms with E-state index in [9.17, 15) is 14.4 Å². The zero-order valence-electron chi connectivity index (χ0n) is 14.4. The number of esters is 1. The molecule has 0 radical (unpaired) electrons. The van der Waals surface area contributed by atoms with E-state index in [-0.39, 0.29) is 17.7 Å². The number of ketones is 1. The Labute approximate surface area is 143 Å². The smallest absolute Gasteiger partial charge is 0.312 e. The van der Waals surface area contributed by atoms with Crippen LogP contribution in [-0.2, 0) is 25.5 Å². The number of amides is 1. The minimum atomic E-state index is -0.613. The van der Waals surface area contributed by atoms with Crippen molar-refractivity contribution in [3.63, 3.8) is 0 Å². The van der Waals surface area contributed by atoms with Gasteiger partial charge in [-0.25, -0.2) is 0 Å². The second-order valence-electron chi connectivity index (χ2n) is 5.87. The third-order valence-electron chi connectivity index (χ3n) is 4.20. The quantitative estimate of drug-likeness (QED) is 0.679. The van der Waals surface area contributed by atoms with E-state index in [1.165, 1.54) is 14.0 Å². The van der Waals surface area contributed by atoms with E-state index in [0.29, 0.717) is 32.1 Å². The number of rotatable bonds is 4. The minimum absolute atomic E-state index is 0.121. The van der Waals surface area contributed by atoms with Gasteiger partial charge in [0, 0.05) is 25.5 Å². The Bertz CT molecular complexity index is 582. The van der Waals surface area contributed by atoms with Gasteiger partial charge in [0.1, 0.15) is 5.78 Å². The number of nitrogens with one attached hydrogen (secondary N) is 1. The Morgan fingerprint density at radius 1 is 1.17 bits per heavy atom. The Balaban J connectivity index is 0.00000139. The first-order chi connectivity index (χ1) is 11.4. The van der Waals surface area contributed by atoms with Crippen LogP contribution in [0.5, 0.6) is 0 Å². The summed E-state index contributed by atoms with van der Waals surface area (Å²) in [5.74, 6) is -0.156. The fraction of sp³-hybridized carbons (Fsp3) is 0.421. The Morgan fingerprint density at radius 3 is 2.17 bits per heavy atom. The molecular weight excluding hydrogens is 306 g/mol. The van der Waals surface area contributed by atoms with Gasteiger partial charge in [0.15, 0.2) is 0 Å². The van der Waals surface area contributed by atoms with Crippen LogP contribution in [-0.4, -0.2) is 24.8 Å². The van der Waals surface area contributed by atoms with Gasteiger partial charge in [-0.15, -0.1) is 13.2 Å². The fourth-order valence-corrected chi connectivity index (χ4v) is 2.98. The van der Waals surface area contributed by atoms with Gasteiger partial charge in [-0.05, 0) is 37.0 Å². The molecule has 0 aromatic heterocycles. The average Bonchev–Trinajstić information content (AvgIpc) is 2.59. The van der Waals surface area contributed by atoms with Crippen LogP contribution in [0.3, 0.4) is 0 Å². The summed E-state index contributed by atoms with van der Waals surface area (Å²) in [7, 11) is 1.39. The van der Waals surface area contributed by atoms with Crippen LogP contribution >= 0.6 is 0 Å². The van der Waals surface area contributed by atoms with E-state index in [1.807, 2.05) is 24.3 Å². The standard InChI is InChI=1S/C17H21NO4.C2H4/c1-12(19)18-14-5-3-13(4-6-14)11-17(16(21)22-2)9-7-15(20)8-10-17;1-2/h3-6H,7-11H2,1-2H3,(H,18,19);1-2H2. The predicted molar refractivity (Wildman–Crippen MR) is 93.6 cm³/mol. The van der Waals surface area contributed by atoms with Crippen LogP contribution in [0.15, 0.2) is 37.4 Å². The van der Waals surface area contributed by atoms with Crippen LogP contribution in [0, 0.1) is 5.41 Å². The second-order valence-corrected chi connectivity index (χ2v) is 5.87. The number of carbonyl (C=O) groups excluding carboxylic acids is 3. The highest BCUT2D eigenvalue weighted by Gasteiger charge is 2.42. The van der Waals surface area contributed by atoms with Gasteiger partial charge in [-0.3, -0.25) is 14.4 Å². The highest BCUT2D eigenvalue weighted by molar-refractivity contribution is 5.88. The molecule has 1 aliphatic carbocycles. The van der Waals surface area contributed by atoms with Crippen molar-refractivity contribution < 1.29 is 19.1 Å². The summed E-state index contributed by atoms with van der Waals surface area (Å²) in [6.07, 6.45) is 2.48. The van der Waals surface area contributed by atoms with Gasteiger partial charge in [-0.1, -0.05) is 12.1 Å². The monoisotopic (exact) mass is 331 g/mol. The molecule has 5 nitrogen and oxygen atoms in total. The lowest BCUT2D eigenvalue weighted by atomic mass is 9.70. The van der Waals surface area contributed by atoms with Gasteiger partial charge in [0.2, 0.25) is 5.91 Å². The molecule has 1 fully saturated rings. The number of anilines is 1. The largest absolute Gasteiger partial charge is 0.469 e. The maximum atomic E-state index is 12.2. The lowest BCUT2D eigenvalue weighted by Gasteiger charge is -2.34. The maximum absolute atomic E-state index is 12.2. The third kappa shape index (κ3) is 5.05. The molecule has 24 heavy (non-hydrogen) atoms. The SMILES string of the molecule is C=C.COC(=O)C1(Cc2ccc(NC(C)=O)cc2)CCC(=O)CC1. The summed E-state index contributed by atoms with van der Waals surface area (Å²) in [5.41, 5.74) is 1.11. The van der Waals surface area contributed by atoms with Gasteiger partial charge < -0.3 is 10.1 Å². The first-order valence-corrected chi connectivity index (χ1v) is 7.92.